The summed E-state index contributed by atoms with van der Waals surface area (Å²) < 4.78 is 9.37. The van der Waals surface area contributed by atoms with Gasteiger partial charge in [0.1, 0.15) is 18.5 Å². The molecule has 2 heterocycles. The lowest BCUT2D eigenvalue weighted by Gasteiger charge is -2.28. The third kappa shape index (κ3) is 4.37. The summed E-state index contributed by atoms with van der Waals surface area (Å²) in [6, 6.07) is 18.6. The molecular weight excluding hydrogens is 486 g/mol. The summed E-state index contributed by atoms with van der Waals surface area (Å²) in [4.78, 5) is 0. The Hall–Kier alpha value is -3.39. The number of hydrogen-bond donors (Lipinski definition) is 0. The van der Waals surface area contributed by atoms with Crippen molar-refractivity contribution in [1.29, 1.82) is 0 Å². The highest BCUT2D eigenvalue weighted by Gasteiger charge is 2.34. The molecule has 1 aromatic heterocycles. The van der Waals surface area contributed by atoms with Gasteiger partial charge in [0, 0.05) is 17.0 Å². The number of aromatic nitrogens is 1. The van der Waals surface area contributed by atoms with Crippen LogP contribution in [0.3, 0.4) is 0 Å². The lowest BCUT2D eigenvalue weighted by molar-refractivity contribution is -0.659. The third-order valence-corrected chi connectivity index (χ3v) is 8.56. The zero-order chi connectivity index (χ0) is 28.7. The molecule has 0 unspecified atom stereocenters. The van der Waals surface area contributed by atoms with Crippen LogP contribution in [0, 0.1) is 18.3 Å². The van der Waals surface area contributed by atoms with E-state index in [0.717, 1.165) is 24.3 Å². The van der Waals surface area contributed by atoms with Crippen molar-refractivity contribution >= 4 is 32.3 Å². The van der Waals surface area contributed by atoms with Crippen LogP contribution in [0.4, 0.5) is 0 Å². The Morgan fingerprint density at radius 2 is 1.57 bits per heavy atom. The number of fused-ring (bicyclic) bond motifs is 5. The second kappa shape index (κ2) is 9.06. The van der Waals surface area contributed by atoms with E-state index in [-0.39, 0.29) is 10.8 Å². The molecule has 6 rings (SSSR count). The first-order valence-corrected chi connectivity index (χ1v) is 14.9. The van der Waals surface area contributed by atoms with Gasteiger partial charge in [-0.2, -0.15) is 0 Å². The van der Waals surface area contributed by atoms with Crippen molar-refractivity contribution in [3.05, 3.63) is 77.0 Å². The van der Waals surface area contributed by atoms with Crippen LogP contribution in [0.5, 0.6) is 11.5 Å². The number of nitrogens with zero attached hydrogens (tertiary/aromatic N) is 1. The molecule has 40 heavy (non-hydrogen) atoms. The second-order valence-corrected chi connectivity index (χ2v) is 14.7. The van der Waals surface area contributed by atoms with Gasteiger partial charge in [-0.15, -0.1) is 0 Å². The molecule has 2 nitrogen and oxygen atoms in total. The van der Waals surface area contributed by atoms with Crippen molar-refractivity contribution in [2.45, 2.75) is 80.6 Å². The Kier molecular flexibility index (Phi) is 6.07. The van der Waals surface area contributed by atoms with Crippen LogP contribution in [0.15, 0.2) is 54.7 Å². The molecule has 206 valence electrons. The highest BCUT2D eigenvalue weighted by atomic mass is 16.5. The molecule has 0 spiro atoms. The van der Waals surface area contributed by atoms with Crippen LogP contribution >= 0.6 is 0 Å². The van der Waals surface area contributed by atoms with Crippen LogP contribution < -0.4 is 9.30 Å². The van der Waals surface area contributed by atoms with Crippen LogP contribution in [-0.2, 0) is 25.3 Å². The monoisotopic (exact) mass is 530 g/mol. The van der Waals surface area contributed by atoms with E-state index in [1.807, 2.05) is 0 Å². The number of pyridine rings is 1. The van der Waals surface area contributed by atoms with Gasteiger partial charge in [-0.05, 0) is 86.9 Å². The number of rotatable bonds is 3. The first kappa shape index (κ1) is 26.8. The summed E-state index contributed by atoms with van der Waals surface area (Å²) in [7, 11) is 2.19. The minimum atomic E-state index is 0.0900. The molecule has 0 saturated heterocycles. The van der Waals surface area contributed by atoms with Crippen LogP contribution in [0.25, 0.3) is 43.6 Å². The lowest BCUT2D eigenvalue weighted by Crippen LogP contribution is -2.32. The Morgan fingerprint density at radius 3 is 2.25 bits per heavy atom. The quantitative estimate of drug-likeness (QED) is 0.164. The molecular formula is C38H44NO+. The zero-order valence-corrected chi connectivity index (χ0v) is 26.0. The molecule has 2 heteroatoms. The molecule has 0 saturated carbocycles. The molecule has 0 fully saturated rings. The standard InChI is InChI=1S/C38H44NO/c1-22(2)17-24-11-14-27-29(18-24)23(3)33-35-34-28(15-16-39(35)10)30-20-26(38(7,8)9)13-12-25(30)19-32(34)40-36(33)31(27)21-37(4,5)6/h11-16,18-20,22H,17,21H2,1-10H3/q+1. The van der Waals surface area contributed by atoms with Crippen molar-refractivity contribution in [3.63, 3.8) is 0 Å². The van der Waals surface area contributed by atoms with Gasteiger partial charge in [0.2, 0.25) is 5.69 Å². The maximum absolute atomic E-state index is 7.06. The maximum atomic E-state index is 7.06. The van der Waals surface area contributed by atoms with Crippen LogP contribution in [0.2, 0.25) is 0 Å². The number of aryl methyl sites for hydroxylation is 2. The molecule has 0 bridgehead atoms. The summed E-state index contributed by atoms with van der Waals surface area (Å²) >= 11 is 0. The summed E-state index contributed by atoms with van der Waals surface area (Å²) in [5, 5.41) is 7.70. The van der Waals surface area contributed by atoms with Gasteiger partial charge in [-0.3, -0.25) is 0 Å². The smallest absolute Gasteiger partial charge is 0.228 e. The first-order chi connectivity index (χ1) is 18.7. The van der Waals surface area contributed by atoms with Crippen molar-refractivity contribution in [1.82, 2.24) is 0 Å². The van der Waals surface area contributed by atoms with Gasteiger partial charge in [-0.25, -0.2) is 4.57 Å². The van der Waals surface area contributed by atoms with Crippen molar-refractivity contribution in [2.24, 2.45) is 18.4 Å². The molecule has 0 atom stereocenters. The van der Waals surface area contributed by atoms with Crippen LogP contribution in [0.1, 0.15) is 77.6 Å². The summed E-state index contributed by atoms with van der Waals surface area (Å²) in [6.45, 7) is 20.8. The second-order valence-electron chi connectivity index (χ2n) is 14.7. The minimum absolute atomic E-state index is 0.0900. The van der Waals surface area contributed by atoms with Gasteiger partial charge in [0.25, 0.3) is 0 Å². The predicted molar refractivity (Wildman–Crippen MR) is 171 cm³/mol. The predicted octanol–water partition coefficient (Wildman–Crippen LogP) is 10.1. The molecule has 0 N–H and O–H groups in total. The fourth-order valence-corrected chi connectivity index (χ4v) is 6.65. The number of benzene rings is 4. The Morgan fingerprint density at radius 1 is 0.825 bits per heavy atom. The molecule has 0 amide bonds. The average Bonchev–Trinajstić information content (AvgIpc) is 2.85. The van der Waals surface area contributed by atoms with Crippen molar-refractivity contribution < 1.29 is 9.30 Å². The van der Waals surface area contributed by atoms with E-state index in [0.29, 0.717) is 5.92 Å². The van der Waals surface area contributed by atoms with E-state index in [1.54, 1.807) is 0 Å². The highest BCUT2D eigenvalue weighted by molar-refractivity contribution is 6.16. The number of hydrogen-bond acceptors (Lipinski definition) is 1. The molecule has 0 radical (unpaired) electrons. The van der Waals surface area contributed by atoms with E-state index >= 15 is 0 Å². The average molecular weight is 531 g/mol. The largest absolute Gasteiger partial charge is 0.455 e. The van der Waals surface area contributed by atoms with Crippen molar-refractivity contribution in [2.75, 3.05) is 0 Å². The topological polar surface area (TPSA) is 13.1 Å². The maximum Gasteiger partial charge on any atom is 0.228 e. The van der Waals surface area contributed by atoms with Gasteiger partial charge in [0.15, 0.2) is 6.20 Å². The molecule has 1 aliphatic rings. The fraction of sp³-hybridized carbons (Fsp3) is 0.395. The van der Waals surface area contributed by atoms with E-state index in [9.17, 15) is 0 Å². The normalized spacial score (nSPS) is 13.4. The van der Waals surface area contributed by atoms with Gasteiger partial charge in [-0.1, -0.05) is 85.7 Å². The van der Waals surface area contributed by atoms with E-state index in [4.69, 9.17) is 4.74 Å². The zero-order valence-electron chi connectivity index (χ0n) is 26.0. The lowest BCUT2D eigenvalue weighted by atomic mass is 9.81. The van der Waals surface area contributed by atoms with Crippen LogP contribution in [-0.4, -0.2) is 0 Å². The number of ether oxygens (including phenoxy) is 1. The van der Waals surface area contributed by atoms with E-state index < -0.39 is 0 Å². The van der Waals surface area contributed by atoms with E-state index in [2.05, 4.69) is 129 Å². The van der Waals surface area contributed by atoms with Crippen molar-refractivity contribution in [3.8, 4) is 22.8 Å². The third-order valence-electron chi connectivity index (χ3n) is 8.56. The highest BCUT2D eigenvalue weighted by Crippen LogP contribution is 2.53. The first-order valence-electron chi connectivity index (χ1n) is 14.9. The minimum Gasteiger partial charge on any atom is -0.455 e. The molecule has 0 aliphatic carbocycles. The Labute approximate surface area is 240 Å². The van der Waals surface area contributed by atoms with Gasteiger partial charge >= 0.3 is 0 Å². The summed E-state index contributed by atoms with van der Waals surface area (Å²) in [5.74, 6) is 2.63. The summed E-state index contributed by atoms with van der Waals surface area (Å²) in [6.07, 6.45) is 4.28. The molecule has 4 aromatic carbocycles. The Bertz CT molecular complexity index is 1830. The SMILES string of the molecule is Cc1c2c(c(CC(C)(C)C)c3ccc(CC(C)C)cc13)Oc1cc3ccc(C(C)(C)C)cc3c3cc[n+](C)c-2c13. The summed E-state index contributed by atoms with van der Waals surface area (Å²) in [5.41, 5.74) is 8.13. The van der Waals surface area contributed by atoms with E-state index in [1.165, 1.54) is 65.8 Å². The fourth-order valence-electron chi connectivity index (χ4n) is 6.65. The van der Waals surface area contributed by atoms with Gasteiger partial charge < -0.3 is 4.74 Å². The molecule has 5 aromatic rings. The Balaban J connectivity index is 1.74. The van der Waals surface area contributed by atoms with Gasteiger partial charge in [0.05, 0.1) is 10.9 Å². The molecule has 1 aliphatic heterocycles.